The highest BCUT2D eigenvalue weighted by Gasteiger charge is 2.28. The van der Waals surface area contributed by atoms with Crippen LogP contribution >= 0.6 is 0 Å². The van der Waals surface area contributed by atoms with Gasteiger partial charge in [0, 0.05) is 25.7 Å². The summed E-state index contributed by atoms with van der Waals surface area (Å²) in [4.78, 5) is 14.9. The Balaban J connectivity index is 2.31. The summed E-state index contributed by atoms with van der Waals surface area (Å²) in [5.74, 6) is -0.125. The molecule has 0 aliphatic rings. The van der Waals surface area contributed by atoms with Gasteiger partial charge in [-0.25, -0.2) is 12.4 Å². The van der Waals surface area contributed by atoms with Crippen molar-refractivity contribution < 1.29 is 17.9 Å². The third-order valence-electron chi connectivity index (χ3n) is 4.64. The summed E-state index contributed by atoms with van der Waals surface area (Å²) < 4.78 is 33.9. The van der Waals surface area contributed by atoms with E-state index in [0.717, 1.165) is 9.54 Å². The Bertz CT molecular complexity index is 1340. The van der Waals surface area contributed by atoms with Crippen LogP contribution in [0.5, 0.6) is 5.75 Å². The zero-order chi connectivity index (χ0) is 23.6. The molecule has 0 radical (unpaired) electrons. The molecular weight excluding hydrogens is 426 g/mol. The Labute approximate surface area is 188 Å². The van der Waals surface area contributed by atoms with Gasteiger partial charge in [-0.1, -0.05) is 17.7 Å². The number of aromatic nitrogens is 1. The molecule has 2 aromatic carbocycles. The summed E-state index contributed by atoms with van der Waals surface area (Å²) in [5.41, 5.74) is 0.953. The summed E-state index contributed by atoms with van der Waals surface area (Å²) >= 11 is 0. The molecule has 7 nitrogen and oxygen atoms in total. The molecular formula is C24H25N3O4S. The highest BCUT2D eigenvalue weighted by Crippen LogP contribution is 2.30. The summed E-state index contributed by atoms with van der Waals surface area (Å²) in [6.45, 7) is 5.63. The van der Waals surface area contributed by atoms with Crippen LogP contribution in [0.3, 0.4) is 0 Å². The van der Waals surface area contributed by atoms with Crippen LogP contribution < -0.4 is 4.74 Å². The van der Waals surface area contributed by atoms with Crippen LogP contribution in [0.2, 0.25) is 0 Å². The minimum atomic E-state index is -4.12. The largest absolute Gasteiger partial charge is 0.491 e. The van der Waals surface area contributed by atoms with Crippen LogP contribution in [-0.2, 0) is 10.0 Å². The quantitative estimate of drug-likeness (QED) is 0.305. The molecule has 32 heavy (non-hydrogen) atoms. The Kier molecular flexibility index (Phi) is 6.42. The molecule has 0 N–H and O–H groups in total. The Morgan fingerprint density at radius 3 is 2.34 bits per heavy atom. The smallest absolute Gasteiger partial charge is 0.268 e. The predicted octanol–water partition coefficient (Wildman–Crippen LogP) is 4.13. The van der Waals surface area contributed by atoms with E-state index in [4.69, 9.17) is 4.74 Å². The minimum Gasteiger partial charge on any atom is -0.491 e. The van der Waals surface area contributed by atoms with Crippen LogP contribution in [0.4, 0.5) is 0 Å². The fourth-order valence-corrected chi connectivity index (χ4v) is 4.79. The van der Waals surface area contributed by atoms with Crippen molar-refractivity contribution in [3.63, 3.8) is 0 Å². The molecule has 0 spiro atoms. The number of nitrogens with zero attached hydrogens (tertiary/aromatic N) is 3. The number of allylic oxidation sites excluding steroid dienone is 1. The molecule has 1 heterocycles. The molecule has 8 heteroatoms. The standard InChI is InChI=1S/C24H25N3O4S/c1-16(2)31-20-8-11-22-18(12-20)13-23(24(28)19(14-25)15-26(4)5)27(22)32(29,30)21-9-6-17(3)7-10-21/h6-13,15-16H,1-5H3/b19-15-. The lowest BCUT2D eigenvalue weighted by molar-refractivity contribution is 0.103. The number of benzene rings is 2. The third-order valence-corrected chi connectivity index (χ3v) is 6.39. The molecule has 0 aliphatic heterocycles. The Morgan fingerprint density at radius 2 is 1.78 bits per heavy atom. The monoisotopic (exact) mass is 451 g/mol. The van der Waals surface area contributed by atoms with Crippen molar-refractivity contribution in [3.05, 3.63) is 71.6 Å². The van der Waals surface area contributed by atoms with Gasteiger partial charge in [0.2, 0.25) is 5.78 Å². The fourth-order valence-electron chi connectivity index (χ4n) is 3.28. The zero-order valence-electron chi connectivity index (χ0n) is 18.7. The van der Waals surface area contributed by atoms with Crippen LogP contribution in [0.25, 0.3) is 10.9 Å². The number of fused-ring (bicyclic) bond motifs is 1. The maximum absolute atomic E-state index is 13.6. The van der Waals surface area contributed by atoms with Crippen LogP contribution in [0.1, 0.15) is 29.9 Å². The molecule has 0 unspecified atom stereocenters. The number of hydrogen-bond donors (Lipinski definition) is 0. The van der Waals surface area contributed by atoms with Crippen molar-refractivity contribution in [2.24, 2.45) is 0 Å². The van der Waals surface area contributed by atoms with Gasteiger partial charge in [0.05, 0.1) is 16.5 Å². The number of rotatable bonds is 7. The van der Waals surface area contributed by atoms with Crippen LogP contribution in [0, 0.1) is 18.3 Å². The maximum Gasteiger partial charge on any atom is 0.268 e. The van der Waals surface area contributed by atoms with E-state index in [1.807, 2.05) is 26.8 Å². The van der Waals surface area contributed by atoms with E-state index < -0.39 is 15.8 Å². The lowest BCUT2D eigenvalue weighted by atomic mass is 10.1. The topological polar surface area (TPSA) is 92.4 Å². The van der Waals surface area contributed by atoms with Gasteiger partial charge in [0.1, 0.15) is 23.1 Å². The molecule has 0 fully saturated rings. The first-order valence-corrected chi connectivity index (χ1v) is 11.5. The van der Waals surface area contributed by atoms with Crippen molar-refractivity contribution in [2.75, 3.05) is 14.1 Å². The number of carbonyl (C=O) groups is 1. The van der Waals surface area contributed by atoms with E-state index in [-0.39, 0.29) is 22.3 Å². The third kappa shape index (κ3) is 4.53. The van der Waals surface area contributed by atoms with E-state index in [1.54, 1.807) is 49.3 Å². The number of ether oxygens (including phenoxy) is 1. The van der Waals surface area contributed by atoms with Crippen molar-refractivity contribution in [2.45, 2.75) is 31.8 Å². The van der Waals surface area contributed by atoms with E-state index in [9.17, 15) is 18.5 Å². The number of hydrogen-bond acceptors (Lipinski definition) is 6. The molecule has 3 aromatic rings. The SMILES string of the molecule is Cc1ccc(S(=O)(=O)n2c(C(=O)/C(C#N)=C\N(C)C)cc3cc(OC(C)C)ccc32)cc1. The number of aryl methyl sites for hydroxylation is 1. The molecule has 3 rings (SSSR count). The summed E-state index contributed by atoms with van der Waals surface area (Å²) in [7, 11) is -0.757. The van der Waals surface area contributed by atoms with Gasteiger partial charge < -0.3 is 9.64 Å². The highest BCUT2D eigenvalue weighted by atomic mass is 32.2. The first-order valence-electron chi connectivity index (χ1n) is 10.0. The Hall–Kier alpha value is -3.57. The predicted molar refractivity (Wildman–Crippen MR) is 123 cm³/mol. The van der Waals surface area contributed by atoms with Gasteiger partial charge in [-0.3, -0.25) is 4.79 Å². The lowest BCUT2D eigenvalue weighted by Gasteiger charge is -2.13. The van der Waals surface area contributed by atoms with Crippen molar-refractivity contribution in [1.82, 2.24) is 8.87 Å². The average molecular weight is 452 g/mol. The highest BCUT2D eigenvalue weighted by molar-refractivity contribution is 7.90. The molecule has 0 amide bonds. The first-order chi connectivity index (χ1) is 15.0. The normalized spacial score (nSPS) is 12.1. The second-order valence-electron chi connectivity index (χ2n) is 7.95. The molecule has 0 saturated heterocycles. The number of nitriles is 1. The van der Waals surface area contributed by atoms with Crippen molar-refractivity contribution >= 4 is 26.7 Å². The number of carbonyl (C=O) groups excluding carboxylic acids is 1. The molecule has 0 aliphatic carbocycles. The molecule has 0 saturated carbocycles. The minimum absolute atomic E-state index is 0.0484. The van der Waals surface area contributed by atoms with Gasteiger partial charge in [-0.15, -0.1) is 0 Å². The average Bonchev–Trinajstić information content (AvgIpc) is 3.10. The fraction of sp³-hybridized carbons (Fsp3) is 0.250. The van der Waals surface area contributed by atoms with E-state index in [1.165, 1.54) is 24.4 Å². The van der Waals surface area contributed by atoms with Crippen molar-refractivity contribution in [1.29, 1.82) is 5.26 Å². The zero-order valence-corrected chi connectivity index (χ0v) is 19.5. The molecule has 0 bridgehead atoms. The maximum atomic E-state index is 13.6. The Morgan fingerprint density at radius 1 is 1.12 bits per heavy atom. The van der Waals surface area contributed by atoms with E-state index in [0.29, 0.717) is 16.7 Å². The number of Topliss-reactive ketones (excluding diaryl/α,β-unsaturated/α-hetero) is 1. The first kappa shape index (κ1) is 23.1. The second kappa shape index (κ2) is 8.89. The molecule has 0 atom stereocenters. The van der Waals surface area contributed by atoms with E-state index in [2.05, 4.69) is 0 Å². The summed E-state index contributed by atoms with van der Waals surface area (Å²) in [5, 5.41) is 10.0. The van der Waals surface area contributed by atoms with Crippen molar-refractivity contribution in [3.8, 4) is 11.8 Å². The summed E-state index contributed by atoms with van der Waals surface area (Å²) in [6, 6.07) is 14.7. The van der Waals surface area contributed by atoms with Gasteiger partial charge in [-0.05, 0) is 57.2 Å². The van der Waals surface area contributed by atoms with Crippen LogP contribution in [-0.4, -0.2) is 43.3 Å². The number of ketones is 1. The molecule has 1 aromatic heterocycles. The van der Waals surface area contributed by atoms with E-state index >= 15 is 0 Å². The molecule has 166 valence electrons. The van der Waals surface area contributed by atoms with Gasteiger partial charge in [0.15, 0.2) is 0 Å². The van der Waals surface area contributed by atoms with Gasteiger partial charge >= 0.3 is 0 Å². The summed E-state index contributed by atoms with van der Waals surface area (Å²) in [6.07, 6.45) is 1.30. The van der Waals surface area contributed by atoms with Gasteiger partial charge in [0.25, 0.3) is 10.0 Å². The van der Waals surface area contributed by atoms with Crippen LogP contribution in [0.15, 0.2) is 65.2 Å². The second-order valence-corrected chi connectivity index (χ2v) is 9.73. The van der Waals surface area contributed by atoms with Gasteiger partial charge in [-0.2, -0.15) is 5.26 Å². The lowest BCUT2D eigenvalue weighted by Crippen LogP contribution is -2.20.